The number of hydrogen-bond acceptors (Lipinski definition) is 4. The summed E-state index contributed by atoms with van der Waals surface area (Å²) in [5.74, 6) is 0.418. The van der Waals surface area contributed by atoms with Gasteiger partial charge in [0.25, 0.3) is 0 Å². The van der Waals surface area contributed by atoms with Crippen molar-refractivity contribution in [1.29, 1.82) is 0 Å². The van der Waals surface area contributed by atoms with Gasteiger partial charge in [-0.15, -0.1) is 0 Å². The number of nitrogens with zero attached hydrogens (tertiary/aromatic N) is 1. The SMILES string of the molecule is CNC(=O)C(C)N(Cc1ccccc1F)C(=O)CCc1ccc2c(c1)OCO2. The Kier molecular flexibility index (Phi) is 6.13. The standard InChI is InChI=1S/C21H23FN2O4/c1-14(21(26)23-2)24(12-16-5-3-4-6-17(16)22)20(25)10-8-15-7-9-18-19(11-15)28-13-27-18/h3-7,9,11,14H,8,10,12-13H2,1-2H3,(H,23,26). The smallest absolute Gasteiger partial charge is 0.242 e. The zero-order valence-corrected chi connectivity index (χ0v) is 15.9. The lowest BCUT2D eigenvalue weighted by Crippen LogP contribution is -2.46. The molecule has 3 rings (SSSR count). The lowest BCUT2D eigenvalue weighted by atomic mass is 10.1. The third kappa shape index (κ3) is 4.42. The minimum Gasteiger partial charge on any atom is -0.454 e. The number of amides is 2. The first-order valence-electron chi connectivity index (χ1n) is 9.12. The Morgan fingerprint density at radius 3 is 2.68 bits per heavy atom. The number of halogens is 1. The number of benzene rings is 2. The van der Waals surface area contributed by atoms with Crippen molar-refractivity contribution in [1.82, 2.24) is 10.2 Å². The lowest BCUT2D eigenvalue weighted by Gasteiger charge is -2.28. The van der Waals surface area contributed by atoms with Crippen LogP contribution in [-0.4, -0.2) is 36.6 Å². The molecule has 0 saturated carbocycles. The Balaban J connectivity index is 1.72. The van der Waals surface area contributed by atoms with Crippen LogP contribution < -0.4 is 14.8 Å². The Labute approximate surface area is 163 Å². The van der Waals surface area contributed by atoms with Crippen molar-refractivity contribution in [3.8, 4) is 11.5 Å². The van der Waals surface area contributed by atoms with Gasteiger partial charge in [0, 0.05) is 25.6 Å². The maximum atomic E-state index is 14.1. The minimum absolute atomic E-state index is 0.0290. The van der Waals surface area contributed by atoms with E-state index < -0.39 is 11.9 Å². The van der Waals surface area contributed by atoms with E-state index in [1.807, 2.05) is 18.2 Å². The predicted molar refractivity (Wildman–Crippen MR) is 101 cm³/mol. The number of aryl methyl sites for hydroxylation is 1. The first-order chi connectivity index (χ1) is 13.5. The molecule has 7 heteroatoms. The maximum absolute atomic E-state index is 14.1. The summed E-state index contributed by atoms with van der Waals surface area (Å²) < 4.78 is 24.7. The summed E-state index contributed by atoms with van der Waals surface area (Å²) in [6.07, 6.45) is 0.666. The van der Waals surface area contributed by atoms with Gasteiger partial charge in [-0.3, -0.25) is 9.59 Å². The molecule has 1 atom stereocenters. The Bertz CT molecular complexity index is 871. The van der Waals surface area contributed by atoms with E-state index in [-0.39, 0.29) is 31.6 Å². The molecular formula is C21H23FN2O4. The van der Waals surface area contributed by atoms with Crippen molar-refractivity contribution >= 4 is 11.8 Å². The number of likely N-dealkylation sites (N-methyl/N-ethyl adjacent to an activating group) is 1. The van der Waals surface area contributed by atoms with Gasteiger partial charge >= 0.3 is 0 Å². The molecule has 1 unspecified atom stereocenters. The molecule has 0 aromatic heterocycles. The second-order valence-corrected chi connectivity index (χ2v) is 6.59. The molecule has 148 valence electrons. The average Bonchev–Trinajstić information content (AvgIpc) is 3.18. The Hall–Kier alpha value is -3.09. The van der Waals surface area contributed by atoms with E-state index in [4.69, 9.17) is 9.47 Å². The first-order valence-corrected chi connectivity index (χ1v) is 9.12. The number of carbonyl (C=O) groups excluding carboxylic acids is 2. The van der Waals surface area contributed by atoms with Gasteiger partial charge < -0.3 is 19.7 Å². The van der Waals surface area contributed by atoms with E-state index in [1.54, 1.807) is 25.1 Å². The summed E-state index contributed by atoms with van der Waals surface area (Å²) in [5, 5.41) is 2.55. The minimum atomic E-state index is -0.714. The molecule has 1 heterocycles. The molecule has 2 aromatic rings. The van der Waals surface area contributed by atoms with Gasteiger partial charge in [0.15, 0.2) is 11.5 Å². The van der Waals surface area contributed by atoms with E-state index >= 15 is 0 Å². The van der Waals surface area contributed by atoms with Crippen molar-refractivity contribution in [2.24, 2.45) is 0 Å². The van der Waals surface area contributed by atoms with Gasteiger partial charge in [0.1, 0.15) is 11.9 Å². The largest absolute Gasteiger partial charge is 0.454 e. The third-order valence-electron chi connectivity index (χ3n) is 4.78. The van der Waals surface area contributed by atoms with Crippen LogP contribution in [0.1, 0.15) is 24.5 Å². The normalized spacial score (nSPS) is 13.1. The van der Waals surface area contributed by atoms with E-state index in [0.29, 0.717) is 23.5 Å². The van der Waals surface area contributed by atoms with Gasteiger partial charge in [0.2, 0.25) is 18.6 Å². The fourth-order valence-corrected chi connectivity index (χ4v) is 3.09. The second-order valence-electron chi connectivity index (χ2n) is 6.59. The average molecular weight is 386 g/mol. The van der Waals surface area contributed by atoms with Crippen molar-refractivity contribution < 1.29 is 23.5 Å². The first kappa shape index (κ1) is 19.7. The van der Waals surface area contributed by atoms with E-state index in [1.165, 1.54) is 18.0 Å². The van der Waals surface area contributed by atoms with Crippen molar-refractivity contribution in [2.75, 3.05) is 13.8 Å². The summed E-state index contributed by atoms with van der Waals surface area (Å²) in [6, 6.07) is 11.1. The van der Waals surface area contributed by atoms with Crippen LogP contribution in [0, 0.1) is 5.82 Å². The molecule has 0 saturated heterocycles. The van der Waals surface area contributed by atoms with E-state index in [9.17, 15) is 14.0 Å². The zero-order valence-electron chi connectivity index (χ0n) is 15.9. The maximum Gasteiger partial charge on any atom is 0.242 e. The van der Waals surface area contributed by atoms with Crippen LogP contribution in [0.5, 0.6) is 11.5 Å². The van der Waals surface area contributed by atoms with Crippen LogP contribution in [0.15, 0.2) is 42.5 Å². The molecule has 6 nitrogen and oxygen atoms in total. The van der Waals surface area contributed by atoms with Gasteiger partial charge in [-0.2, -0.15) is 0 Å². The highest BCUT2D eigenvalue weighted by Crippen LogP contribution is 2.32. The quantitative estimate of drug-likeness (QED) is 0.794. The highest BCUT2D eigenvalue weighted by atomic mass is 19.1. The fraction of sp³-hybridized carbons (Fsp3) is 0.333. The summed E-state index contributed by atoms with van der Waals surface area (Å²) in [6.45, 7) is 1.86. The molecule has 1 aliphatic rings. The predicted octanol–water partition coefficient (Wildman–Crippen LogP) is 2.65. The number of carbonyl (C=O) groups is 2. The summed E-state index contributed by atoms with van der Waals surface area (Å²) in [5.41, 5.74) is 1.30. The van der Waals surface area contributed by atoms with Gasteiger partial charge in [-0.05, 0) is 37.1 Å². The molecule has 0 spiro atoms. The molecule has 0 bridgehead atoms. The van der Waals surface area contributed by atoms with Crippen molar-refractivity contribution in [2.45, 2.75) is 32.4 Å². The molecule has 2 aromatic carbocycles. The zero-order chi connectivity index (χ0) is 20.1. The van der Waals surface area contributed by atoms with E-state index in [0.717, 1.165) is 5.56 Å². The molecule has 0 radical (unpaired) electrons. The van der Waals surface area contributed by atoms with Gasteiger partial charge in [0.05, 0.1) is 0 Å². The highest BCUT2D eigenvalue weighted by Gasteiger charge is 2.26. The third-order valence-corrected chi connectivity index (χ3v) is 4.78. The second kappa shape index (κ2) is 8.73. The van der Waals surface area contributed by atoms with Crippen LogP contribution >= 0.6 is 0 Å². The monoisotopic (exact) mass is 386 g/mol. The fourth-order valence-electron chi connectivity index (χ4n) is 3.09. The van der Waals surface area contributed by atoms with Crippen LogP contribution in [0.3, 0.4) is 0 Å². The van der Waals surface area contributed by atoms with Crippen LogP contribution in [0.25, 0.3) is 0 Å². The molecule has 2 amide bonds. The number of rotatable bonds is 7. The molecule has 1 aliphatic heterocycles. The van der Waals surface area contributed by atoms with Crippen molar-refractivity contribution in [3.63, 3.8) is 0 Å². The number of hydrogen-bond donors (Lipinski definition) is 1. The number of ether oxygens (including phenoxy) is 2. The summed E-state index contributed by atoms with van der Waals surface area (Å²) in [7, 11) is 1.51. The molecule has 0 aliphatic carbocycles. The molecular weight excluding hydrogens is 363 g/mol. The summed E-state index contributed by atoms with van der Waals surface area (Å²) in [4.78, 5) is 26.4. The number of nitrogens with one attached hydrogen (secondary N) is 1. The number of fused-ring (bicyclic) bond motifs is 1. The Morgan fingerprint density at radius 1 is 1.18 bits per heavy atom. The topological polar surface area (TPSA) is 67.9 Å². The van der Waals surface area contributed by atoms with Crippen LogP contribution in [0.4, 0.5) is 4.39 Å². The van der Waals surface area contributed by atoms with Gasteiger partial charge in [-0.25, -0.2) is 4.39 Å². The summed E-state index contributed by atoms with van der Waals surface area (Å²) >= 11 is 0. The van der Waals surface area contributed by atoms with Gasteiger partial charge in [-0.1, -0.05) is 24.3 Å². The van der Waals surface area contributed by atoms with E-state index in [2.05, 4.69) is 5.32 Å². The lowest BCUT2D eigenvalue weighted by molar-refractivity contribution is -0.140. The van der Waals surface area contributed by atoms with Crippen LogP contribution in [0.2, 0.25) is 0 Å². The molecule has 0 fully saturated rings. The molecule has 28 heavy (non-hydrogen) atoms. The molecule has 1 N–H and O–H groups in total. The highest BCUT2D eigenvalue weighted by molar-refractivity contribution is 5.87. The van der Waals surface area contributed by atoms with Crippen LogP contribution in [-0.2, 0) is 22.6 Å². The Morgan fingerprint density at radius 2 is 1.93 bits per heavy atom. The van der Waals surface area contributed by atoms with Crippen molar-refractivity contribution in [3.05, 3.63) is 59.4 Å².